The van der Waals surface area contributed by atoms with Crippen molar-refractivity contribution in [1.29, 1.82) is 0 Å². The van der Waals surface area contributed by atoms with E-state index in [1.807, 2.05) is 61.5 Å². The van der Waals surface area contributed by atoms with Crippen molar-refractivity contribution in [3.63, 3.8) is 0 Å². The second-order valence-corrected chi connectivity index (χ2v) is 9.26. The molecule has 9 heteroatoms. The van der Waals surface area contributed by atoms with Gasteiger partial charge in [0.2, 0.25) is 0 Å². The van der Waals surface area contributed by atoms with Crippen molar-refractivity contribution in [3.05, 3.63) is 99.6 Å². The summed E-state index contributed by atoms with van der Waals surface area (Å²) in [6.45, 7) is 3.67. The Labute approximate surface area is 220 Å². The third-order valence-electron chi connectivity index (χ3n) is 6.80. The Kier molecular flexibility index (Phi) is 7.19. The molecule has 0 saturated carbocycles. The number of likely N-dealkylation sites (tertiary alicyclic amines) is 1. The summed E-state index contributed by atoms with van der Waals surface area (Å²) in [4.78, 5) is 38.5. The summed E-state index contributed by atoms with van der Waals surface area (Å²) in [6.07, 6.45) is 1.76. The molecule has 0 spiro atoms. The Morgan fingerprint density at radius 3 is 2.61 bits per heavy atom. The van der Waals surface area contributed by atoms with E-state index < -0.39 is 4.92 Å². The third kappa shape index (κ3) is 5.14. The minimum absolute atomic E-state index is 0.0856. The predicted octanol–water partition coefficient (Wildman–Crippen LogP) is 5.05. The first-order valence-corrected chi connectivity index (χ1v) is 12.6. The van der Waals surface area contributed by atoms with E-state index in [4.69, 9.17) is 4.74 Å². The molecule has 1 atom stereocenters. The first kappa shape index (κ1) is 25.2. The Balaban J connectivity index is 1.44. The van der Waals surface area contributed by atoms with Gasteiger partial charge >= 0.3 is 5.97 Å². The number of esters is 1. The lowest BCUT2D eigenvalue weighted by Gasteiger charge is -2.23. The molecular weight excluding hydrogens is 484 g/mol. The summed E-state index contributed by atoms with van der Waals surface area (Å²) in [6, 6.07) is 21.4. The lowest BCUT2D eigenvalue weighted by Crippen LogP contribution is -2.36. The summed E-state index contributed by atoms with van der Waals surface area (Å²) in [5.41, 5.74) is 4.41. The summed E-state index contributed by atoms with van der Waals surface area (Å²) >= 11 is 0. The van der Waals surface area contributed by atoms with Crippen molar-refractivity contribution in [1.82, 2.24) is 4.90 Å². The van der Waals surface area contributed by atoms with Crippen molar-refractivity contribution in [2.45, 2.75) is 32.4 Å². The van der Waals surface area contributed by atoms with Gasteiger partial charge in [0.05, 0.1) is 22.8 Å². The van der Waals surface area contributed by atoms with Crippen molar-refractivity contribution in [2.75, 3.05) is 23.8 Å². The van der Waals surface area contributed by atoms with Gasteiger partial charge in [0.15, 0.2) is 0 Å². The number of nitrogens with one attached hydrogen (secondary N) is 2. The van der Waals surface area contributed by atoms with Crippen molar-refractivity contribution >= 4 is 40.2 Å². The molecule has 0 bridgehead atoms. The quantitative estimate of drug-likeness (QED) is 0.188. The zero-order chi connectivity index (χ0) is 26.6. The highest BCUT2D eigenvalue weighted by Gasteiger charge is 2.32. The molecule has 1 amide bonds. The maximum absolute atomic E-state index is 13.1. The van der Waals surface area contributed by atoms with Gasteiger partial charge in [0.1, 0.15) is 6.04 Å². The molecule has 2 aliphatic heterocycles. The summed E-state index contributed by atoms with van der Waals surface area (Å²) in [7, 11) is 0. The van der Waals surface area contributed by atoms with Crippen LogP contribution in [0.15, 0.2) is 72.8 Å². The fourth-order valence-corrected chi connectivity index (χ4v) is 4.99. The van der Waals surface area contributed by atoms with E-state index in [0.717, 1.165) is 36.2 Å². The first-order valence-electron chi connectivity index (χ1n) is 12.6. The zero-order valence-corrected chi connectivity index (χ0v) is 21.0. The SMILES string of the molecule is CCOC(=O)C1CCCN1Cc1ccc(N/C(=C2\C(=O)Nc3ccc([N+](=O)[O-])cc32)c2ccccc2)cc1. The number of nitro groups is 1. The molecule has 3 aromatic rings. The number of fused-ring (bicyclic) bond motifs is 1. The Morgan fingerprint density at radius 1 is 1.13 bits per heavy atom. The van der Waals surface area contributed by atoms with Crippen LogP contribution in [0, 0.1) is 10.1 Å². The van der Waals surface area contributed by atoms with Crippen molar-refractivity contribution in [2.24, 2.45) is 0 Å². The predicted molar refractivity (Wildman–Crippen MR) is 145 cm³/mol. The number of nitrogens with zero attached hydrogens (tertiary/aromatic N) is 2. The van der Waals surface area contributed by atoms with Crippen LogP contribution in [0.25, 0.3) is 11.3 Å². The van der Waals surface area contributed by atoms with Crippen LogP contribution in [0.3, 0.4) is 0 Å². The van der Waals surface area contributed by atoms with Gasteiger partial charge in [0, 0.05) is 35.6 Å². The molecule has 2 heterocycles. The van der Waals surface area contributed by atoms with Gasteiger partial charge in [-0.05, 0) is 55.6 Å². The zero-order valence-electron chi connectivity index (χ0n) is 21.0. The van der Waals surface area contributed by atoms with E-state index in [-0.39, 0.29) is 23.6 Å². The van der Waals surface area contributed by atoms with Crippen molar-refractivity contribution < 1.29 is 19.2 Å². The van der Waals surface area contributed by atoms with E-state index in [0.29, 0.717) is 35.7 Å². The largest absolute Gasteiger partial charge is 0.465 e. The van der Waals surface area contributed by atoms with E-state index in [9.17, 15) is 19.7 Å². The average molecular weight is 513 g/mol. The normalized spacial score (nSPS) is 18.0. The number of hydrogen-bond acceptors (Lipinski definition) is 7. The monoisotopic (exact) mass is 512 g/mol. The fraction of sp³-hybridized carbons (Fsp3) is 0.241. The summed E-state index contributed by atoms with van der Waals surface area (Å²) in [5, 5.41) is 17.6. The van der Waals surface area contributed by atoms with Crippen LogP contribution in [-0.2, 0) is 20.9 Å². The smallest absolute Gasteiger partial charge is 0.323 e. The number of carbonyl (C=O) groups excluding carboxylic acids is 2. The van der Waals surface area contributed by atoms with Crippen LogP contribution < -0.4 is 10.6 Å². The topological polar surface area (TPSA) is 114 Å². The molecule has 194 valence electrons. The second kappa shape index (κ2) is 10.9. The van der Waals surface area contributed by atoms with Crippen molar-refractivity contribution in [3.8, 4) is 0 Å². The van der Waals surface area contributed by atoms with Crippen LogP contribution in [0.5, 0.6) is 0 Å². The lowest BCUT2D eigenvalue weighted by atomic mass is 9.99. The van der Waals surface area contributed by atoms with E-state index in [2.05, 4.69) is 15.5 Å². The number of rotatable bonds is 8. The van der Waals surface area contributed by atoms with Crippen LogP contribution in [0.2, 0.25) is 0 Å². The van der Waals surface area contributed by atoms with Gasteiger partial charge in [-0.15, -0.1) is 0 Å². The molecule has 0 aliphatic carbocycles. The summed E-state index contributed by atoms with van der Waals surface area (Å²) in [5.74, 6) is -0.500. The van der Waals surface area contributed by atoms with Gasteiger partial charge in [-0.3, -0.25) is 24.6 Å². The maximum atomic E-state index is 13.1. The number of amides is 1. The number of hydrogen-bond donors (Lipinski definition) is 2. The number of benzene rings is 3. The highest BCUT2D eigenvalue weighted by Crippen LogP contribution is 2.39. The fourth-order valence-electron chi connectivity index (χ4n) is 4.99. The highest BCUT2D eigenvalue weighted by molar-refractivity contribution is 6.37. The molecule has 5 rings (SSSR count). The number of carbonyl (C=O) groups is 2. The van der Waals surface area contributed by atoms with Crippen LogP contribution in [-0.4, -0.2) is 40.9 Å². The second-order valence-electron chi connectivity index (χ2n) is 9.26. The standard InChI is InChI=1S/C29H28N4O5/c1-2-38-29(35)25-9-6-16-32(25)18-19-10-12-21(13-11-19)30-27(20-7-4-3-5-8-20)26-23-17-22(33(36)37)14-15-24(23)31-28(26)34/h3-5,7-8,10-15,17,25,30H,2,6,9,16,18H2,1H3,(H,31,34)/b27-26-. The minimum atomic E-state index is -0.470. The van der Waals surface area contributed by atoms with Crippen LogP contribution >= 0.6 is 0 Å². The number of ether oxygens (including phenoxy) is 1. The van der Waals surface area contributed by atoms with Gasteiger partial charge in [-0.25, -0.2) is 0 Å². The molecule has 0 aromatic heterocycles. The molecule has 1 saturated heterocycles. The molecule has 2 N–H and O–H groups in total. The van der Waals surface area contributed by atoms with Crippen LogP contribution in [0.4, 0.5) is 17.1 Å². The molecular formula is C29H28N4O5. The molecule has 1 fully saturated rings. The van der Waals surface area contributed by atoms with Gasteiger partial charge in [-0.2, -0.15) is 0 Å². The molecule has 1 unspecified atom stereocenters. The first-order chi connectivity index (χ1) is 18.4. The van der Waals surface area contributed by atoms with E-state index in [1.165, 1.54) is 12.1 Å². The summed E-state index contributed by atoms with van der Waals surface area (Å²) < 4.78 is 5.24. The minimum Gasteiger partial charge on any atom is -0.465 e. The molecule has 0 radical (unpaired) electrons. The lowest BCUT2D eigenvalue weighted by molar-refractivity contribution is -0.384. The maximum Gasteiger partial charge on any atom is 0.323 e. The number of anilines is 2. The Hall–Kier alpha value is -4.50. The van der Waals surface area contributed by atoms with E-state index in [1.54, 1.807) is 6.07 Å². The van der Waals surface area contributed by atoms with Crippen LogP contribution in [0.1, 0.15) is 36.5 Å². The van der Waals surface area contributed by atoms with Gasteiger partial charge < -0.3 is 15.4 Å². The number of nitro benzene ring substituents is 1. The molecule has 2 aliphatic rings. The third-order valence-corrected chi connectivity index (χ3v) is 6.80. The highest BCUT2D eigenvalue weighted by atomic mass is 16.6. The van der Waals surface area contributed by atoms with E-state index >= 15 is 0 Å². The average Bonchev–Trinajstić information content (AvgIpc) is 3.52. The van der Waals surface area contributed by atoms with Gasteiger partial charge in [0.25, 0.3) is 11.6 Å². The van der Waals surface area contributed by atoms with Gasteiger partial charge in [-0.1, -0.05) is 42.5 Å². The molecule has 3 aromatic carbocycles. The Bertz CT molecular complexity index is 1400. The molecule has 38 heavy (non-hydrogen) atoms. The Morgan fingerprint density at radius 2 is 1.89 bits per heavy atom. The molecule has 9 nitrogen and oxygen atoms in total. The number of non-ortho nitro benzene ring substituents is 1.